The Bertz CT molecular complexity index is 1080. The number of benzene rings is 2. The first-order chi connectivity index (χ1) is 16.8. The van der Waals surface area contributed by atoms with Gasteiger partial charge in [0.2, 0.25) is 0 Å². The van der Waals surface area contributed by atoms with E-state index in [-0.39, 0.29) is 16.9 Å². The lowest BCUT2D eigenvalue weighted by Gasteiger charge is -2.36. The standard InChI is InChI=1S/C29H34O6/c1-4-6-18-34-22-12-8-20(9-13-22)27(32)26-24(30)16-17-25(31)29(26,3)28(33)21-10-14-23(15-11-21)35-19-7-5-2/h8-17,25,30-31H,4-7,18-19H2,1-3H3. The molecule has 2 unspecified atom stereocenters. The Balaban J connectivity index is 1.88. The van der Waals surface area contributed by atoms with E-state index in [0.717, 1.165) is 25.7 Å². The van der Waals surface area contributed by atoms with E-state index in [0.29, 0.717) is 30.3 Å². The van der Waals surface area contributed by atoms with E-state index in [1.165, 1.54) is 19.1 Å². The van der Waals surface area contributed by atoms with Crippen LogP contribution in [0, 0.1) is 5.41 Å². The smallest absolute Gasteiger partial charge is 0.193 e. The van der Waals surface area contributed by atoms with E-state index in [2.05, 4.69) is 13.8 Å². The maximum Gasteiger partial charge on any atom is 0.193 e. The van der Waals surface area contributed by atoms with Crippen molar-refractivity contribution in [2.24, 2.45) is 5.41 Å². The topological polar surface area (TPSA) is 93.1 Å². The second-order valence-electron chi connectivity index (χ2n) is 8.88. The fraction of sp³-hybridized carbons (Fsp3) is 0.379. The highest BCUT2D eigenvalue weighted by Gasteiger charge is 2.49. The summed E-state index contributed by atoms with van der Waals surface area (Å²) in [5.74, 6) is -0.0544. The minimum absolute atomic E-state index is 0.138. The summed E-state index contributed by atoms with van der Waals surface area (Å²) in [4.78, 5) is 27.1. The monoisotopic (exact) mass is 478 g/mol. The molecule has 186 valence electrons. The van der Waals surface area contributed by atoms with Crippen molar-refractivity contribution in [2.45, 2.75) is 52.6 Å². The second kappa shape index (κ2) is 11.8. The lowest BCUT2D eigenvalue weighted by molar-refractivity contribution is 0.0562. The Morgan fingerprint density at radius 2 is 1.34 bits per heavy atom. The second-order valence-corrected chi connectivity index (χ2v) is 8.88. The minimum atomic E-state index is -1.67. The number of unbranched alkanes of at least 4 members (excludes halogenated alkanes) is 2. The molecule has 6 heteroatoms. The molecule has 6 nitrogen and oxygen atoms in total. The van der Waals surface area contributed by atoms with Crippen LogP contribution in [-0.4, -0.2) is 41.1 Å². The molecule has 1 aliphatic rings. The molecular weight excluding hydrogens is 444 g/mol. The van der Waals surface area contributed by atoms with Gasteiger partial charge in [0.25, 0.3) is 0 Å². The molecule has 0 bridgehead atoms. The Kier molecular flexibility index (Phi) is 8.88. The van der Waals surface area contributed by atoms with Crippen molar-refractivity contribution in [3.63, 3.8) is 0 Å². The number of ether oxygens (including phenoxy) is 2. The van der Waals surface area contributed by atoms with Crippen molar-refractivity contribution >= 4 is 11.6 Å². The summed E-state index contributed by atoms with van der Waals surface area (Å²) in [6, 6.07) is 13.2. The molecule has 0 saturated carbocycles. The fourth-order valence-electron chi connectivity index (χ4n) is 3.99. The van der Waals surface area contributed by atoms with Crippen molar-refractivity contribution in [3.05, 3.63) is 83.1 Å². The third-order valence-corrected chi connectivity index (χ3v) is 6.27. The molecule has 0 amide bonds. The van der Waals surface area contributed by atoms with E-state index in [1.807, 2.05) is 0 Å². The number of ketones is 2. The van der Waals surface area contributed by atoms with Gasteiger partial charge in [-0.05, 0) is 74.4 Å². The molecule has 35 heavy (non-hydrogen) atoms. The number of carbonyl (C=O) groups is 2. The van der Waals surface area contributed by atoms with Gasteiger partial charge >= 0.3 is 0 Å². The zero-order valence-electron chi connectivity index (χ0n) is 20.6. The van der Waals surface area contributed by atoms with Gasteiger partial charge in [-0.2, -0.15) is 0 Å². The van der Waals surface area contributed by atoms with Crippen molar-refractivity contribution in [2.75, 3.05) is 13.2 Å². The Morgan fingerprint density at radius 1 is 0.857 bits per heavy atom. The van der Waals surface area contributed by atoms with Gasteiger partial charge in [-0.15, -0.1) is 0 Å². The average molecular weight is 479 g/mol. The summed E-state index contributed by atoms with van der Waals surface area (Å²) in [6.45, 7) is 6.81. The highest BCUT2D eigenvalue weighted by molar-refractivity contribution is 6.17. The maximum atomic E-state index is 13.6. The van der Waals surface area contributed by atoms with Crippen molar-refractivity contribution in [1.82, 2.24) is 0 Å². The van der Waals surface area contributed by atoms with Gasteiger partial charge in [-0.1, -0.05) is 32.8 Å². The van der Waals surface area contributed by atoms with E-state index in [1.54, 1.807) is 48.5 Å². The largest absolute Gasteiger partial charge is 0.507 e. The lowest BCUT2D eigenvalue weighted by Crippen LogP contribution is -2.45. The predicted octanol–water partition coefficient (Wildman–Crippen LogP) is 5.86. The number of hydrogen-bond donors (Lipinski definition) is 2. The van der Waals surface area contributed by atoms with Gasteiger partial charge in [-0.25, -0.2) is 0 Å². The van der Waals surface area contributed by atoms with Gasteiger partial charge in [0.05, 0.1) is 30.3 Å². The van der Waals surface area contributed by atoms with Crippen LogP contribution in [0.2, 0.25) is 0 Å². The maximum absolute atomic E-state index is 13.6. The first kappa shape index (κ1) is 26.2. The molecule has 0 aliphatic heterocycles. The van der Waals surface area contributed by atoms with Crippen LogP contribution in [0.5, 0.6) is 11.5 Å². The minimum Gasteiger partial charge on any atom is -0.507 e. The molecule has 0 aromatic heterocycles. The quantitative estimate of drug-likeness (QED) is 0.293. The number of allylic oxidation sites excluding steroid dienone is 1. The third-order valence-electron chi connectivity index (χ3n) is 6.27. The molecule has 0 heterocycles. The summed E-state index contributed by atoms with van der Waals surface area (Å²) in [6.07, 6.45) is 5.19. The summed E-state index contributed by atoms with van der Waals surface area (Å²) >= 11 is 0. The number of hydrogen-bond acceptors (Lipinski definition) is 6. The van der Waals surface area contributed by atoms with Gasteiger partial charge in [0, 0.05) is 11.1 Å². The first-order valence-electron chi connectivity index (χ1n) is 12.2. The van der Waals surface area contributed by atoms with Crippen LogP contribution in [0.3, 0.4) is 0 Å². The molecule has 0 radical (unpaired) electrons. The van der Waals surface area contributed by atoms with Crippen molar-refractivity contribution in [3.8, 4) is 11.5 Å². The third kappa shape index (κ3) is 5.82. The molecule has 2 atom stereocenters. The summed E-state index contributed by atoms with van der Waals surface area (Å²) in [5.41, 5.74) is -1.21. The zero-order chi connectivity index (χ0) is 25.4. The van der Waals surface area contributed by atoms with Crippen LogP contribution in [-0.2, 0) is 0 Å². The van der Waals surface area contributed by atoms with Crippen molar-refractivity contribution < 1.29 is 29.3 Å². The Labute approximate surface area is 206 Å². The van der Waals surface area contributed by atoms with Gasteiger partial charge in [0.15, 0.2) is 11.6 Å². The van der Waals surface area contributed by atoms with E-state index in [4.69, 9.17) is 9.47 Å². The normalized spacial score (nSPS) is 19.5. The van der Waals surface area contributed by atoms with Gasteiger partial charge in [0.1, 0.15) is 17.3 Å². The number of aliphatic hydroxyl groups excluding tert-OH is 2. The highest BCUT2D eigenvalue weighted by atomic mass is 16.5. The van der Waals surface area contributed by atoms with Crippen LogP contribution in [0.25, 0.3) is 0 Å². The van der Waals surface area contributed by atoms with Crippen LogP contribution in [0.15, 0.2) is 72.0 Å². The molecule has 2 aromatic carbocycles. The van der Waals surface area contributed by atoms with Crippen molar-refractivity contribution in [1.29, 1.82) is 0 Å². The first-order valence-corrected chi connectivity index (χ1v) is 12.2. The lowest BCUT2D eigenvalue weighted by atomic mass is 9.67. The number of rotatable bonds is 12. The highest BCUT2D eigenvalue weighted by Crippen LogP contribution is 2.42. The number of carbonyl (C=O) groups excluding carboxylic acids is 2. The van der Waals surface area contributed by atoms with E-state index >= 15 is 0 Å². The van der Waals surface area contributed by atoms with E-state index in [9.17, 15) is 19.8 Å². The van der Waals surface area contributed by atoms with Crippen LogP contribution >= 0.6 is 0 Å². The molecule has 2 aromatic rings. The number of aliphatic hydroxyl groups is 2. The van der Waals surface area contributed by atoms with Crippen LogP contribution in [0.4, 0.5) is 0 Å². The average Bonchev–Trinajstić information content (AvgIpc) is 2.87. The van der Waals surface area contributed by atoms with Crippen LogP contribution < -0.4 is 9.47 Å². The fourth-order valence-corrected chi connectivity index (χ4v) is 3.99. The molecule has 0 spiro atoms. The SMILES string of the molecule is CCCCOc1ccc(C(=O)C2=C(O)C=CC(O)C2(C)C(=O)c2ccc(OCCCC)cc2)cc1. The molecule has 3 rings (SSSR count). The van der Waals surface area contributed by atoms with E-state index < -0.39 is 23.1 Å². The zero-order valence-corrected chi connectivity index (χ0v) is 20.6. The Hall–Kier alpha value is -3.38. The summed E-state index contributed by atoms with van der Waals surface area (Å²) in [5, 5.41) is 21.5. The summed E-state index contributed by atoms with van der Waals surface area (Å²) in [7, 11) is 0. The van der Waals surface area contributed by atoms with Gasteiger partial charge < -0.3 is 19.7 Å². The molecule has 0 saturated heterocycles. The summed E-state index contributed by atoms with van der Waals surface area (Å²) < 4.78 is 11.3. The van der Waals surface area contributed by atoms with Gasteiger partial charge in [-0.3, -0.25) is 9.59 Å². The molecule has 0 fully saturated rings. The Morgan fingerprint density at radius 3 is 1.83 bits per heavy atom. The predicted molar refractivity (Wildman–Crippen MR) is 135 cm³/mol. The molecular formula is C29H34O6. The molecule has 2 N–H and O–H groups in total. The van der Waals surface area contributed by atoms with Crippen LogP contribution in [0.1, 0.15) is 67.2 Å². The molecule has 1 aliphatic carbocycles. The number of Topliss-reactive ketones (excluding diaryl/α,β-unsaturated/α-hetero) is 2.